The van der Waals surface area contributed by atoms with Gasteiger partial charge in [0.25, 0.3) is 0 Å². The van der Waals surface area contributed by atoms with Gasteiger partial charge in [-0.15, -0.1) is 0 Å². The molecular formula is C23H31N3O3S. The summed E-state index contributed by atoms with van der Waals surface area (Å²) in [6.45, 7) is 8.96. The third kappa shape index (κ3) is 4.74. The standard InChI is InChI=1S/C23H31N3O3S/c1-4-24(5-2)23(27)22(20-9-7-6-8-10-20)25-15-17-26(18-16-25)30(28,29)21-13-11-19(3)12-14-21/h6-14,22H,4-5,15-18H2,1-3H3/t22-/m1/s1. The lowest BCUT2D eigenvalue weighted by atomic mass is 10.0. The molecule has 3 rings (SSSR count). The van der Waals surface area contributed by atoms with Crippen molar-refractivity contribution in [3.8, 4) is 0 Å². The van der Waals surface area contributed by atoms with Gasteiger partial charge in [-0.1, -0.05) is 48.0 Å². The SMILES string of the molecule is CCN(CC)C(=O)[C@@H](c1ccccc1)N1CCN(S(=O)(=O)c2ccc(C)cc2)CC1. The number of hydrogen-bond donors (Lipinski definition) is 0. The first-order valence-electron chi connectivity index (χ1n) is 10.5. The first kappa shape index (κ1) is 22.5. The Labute approximate surface area is 180 Å². The number of rotatable bonds is 7. The van der Waals surface area contributed by atoms with E-state index in [1.807, 2.05) is 68.1 Å². The molecule has 1 saturated heterocycles. The van der Waals surface area contributed by atoms with Crippen molar-refractivity contribution in [2.45, 2.75) is 31.7 Å². The summed E-state index contributed by atoms with van der Waals surface area (Å²) in [5.41, 5.74) is 1.98. The lowest BCUT2D eigenvalue weighted by molar-refractivity contribution is -0.137. The van der Waals surface area contributed by atoms with Crippen molar-refractivity contribution in [3.63, 3.8) is 0 Å². The Balaban J connectivity index is 1.79. The number of nitrogens with zero attached hydrogens (tertiary/aromatic N) is 3. The monoisotopic (exact) mass is 429 g/mol. The fourth-order valence-electron chi connectivity index (χ4n) is 3.91. The van der Waals surface area contributed by atoms with E-state index in [1.54, 1.807) is 12.1 Å². The molecule has 1 atom stereocenters. The van der Waals surface area contributed by atoms with Crippen molar-refractivity contribution in [2.75, 3.05) is 39.3 Å². The third-order valence-corrected chi connectivity index (χ3v) is 7.63. The highest BCUT2D eigenvalue weighted by atomic mass is 32.2. The molecule has 1 amide bonds. The molecule has 0 spiro atoms. The highest BCUT2D eigenvalue weighted by molar-refractivity contribution is 7.89. The number of hydrogen-bond acceptors (Lipinski definition) is 4. The molecule has 1 aliphatic heterocycles. The smallest absolute Gasteiger partial charge is 0.244 e. The topological polar surface area (TPSA) is 60.9 Å². The molecule has 0 aromatic heterocycles. The van der Waals surface area contributed by atoms with Crippen LogP contribution in [-0.2, 0) is 14.8 Å². The van der Waals surface area contributed by atoms with Crippen LogP contribution in [0.3, 0.4) is 0 Å². The molecular weight excluding hydrogens is 398 g/mol. The molecule has 2 aromatic carbocycles. The number of carbonyl (C=O) groups is 1. The van der Waals surface area contributed by atoms with E-state index in [0.717, 1.165) is 11.1 Å². The van der Waals surface area contributed by atoms with Gasteiger partial charge in [0.15, 0.2) is 0 Å². The van der Waals surface area contributed by atoms with E-state index in [2.05, 4.69) is 4.90 Å². The summed E-state index contributed by atoms with van der Waals surface area (Å²) in [5.74, 6) is 0.0704. The first-order valence-corrected chi connectivity index (χ1v) is 12.0. The number of carbonyl (C=O) groups excluding carboxylic acids is 1. The molecule has 6 nitrogen and oxygen atoms in total. The molecule has 7 heteroatoms. The molecule has 0 radical (unpaired) electrons. The van der Waals surface area contributed by atoms with Gasteiger partial charge in [-0.2, -0.15) is 4.31 Å². The fraction of sp³-hybridized carbons (Fsp3) is 0.435. The third-order valence-electron chi connectivity index (χ3n) is 5.72. The number of amides is 1. The predicted octanol–water partition coefficient (Wildman–Crippen LogP) is 2.91. The largest absolute Gasteiger partial charge is 0.342 e. The summed E-state index contributed by atoms with van der Waals surface area (Å²) in [7, 11) is -3.53. The van der Waals surface area contributed by atoms with Crippen LogP contribution in [0.5, 0.6) is 0 Å². The second-order valence-electron chi connectivity index (χ2n) is 7.58. The van der Waals surface area contributed by atoms with Crippen LogP contribution in [-0.4, -0.2) is 67.7 Å². The number of likely N-dealkylation sites (N-methyl/N-ethyl adjacent to an activating group) is 1. The Bertz CT molecular complexity index is 933. The van der Waals surface area contributed by atoms with Crippen LogP contribution in [0.4, 0.5) is 0 Å². The fourth-order valence-corrected chi connectivity index (χ4v) is 5.34. The van der Waals surface area contributed by atoms with Crippen molar-refractivity contribution in [1.82, 2.24) is 14.1 Å². The van der Waals surface area contributed by atoms with Gasteiger partial charge in [0.2, 0.25) is 15.9 Å². The Morgan fingerprint density at radius 1 is 0.933 bits per heavy atom. The second kappa shape index (κ2) is 9.73. The van der Waals surface area contributed by atoms with Crippen LogP contribution in [0, 0.1) is 6.92 Å². The summed E-state index contributed by atoms with van der Waals surface area (Å²) in [6.07, 6.45) is 0. The van der Waals surface area contributed by atoms with Crippen LogP contribution >= 0.6 is 0 Å². The second-order valence-corrected chi connectivity index (χ2v) is 9.51. The molecule has 0 unspecified atom stereocenters. The summed E-state index contributed by atoms with van der Waals surface area (Å²) < 4.78 is 27.5. The van der Waals surface area contributed by atoms with E-state index in [4.69, 9.17) is 0 Å². The van der Waals surface area contributed by atoms with Crippen LogP contribution in [0.2, 0.25) is 0 Å². The van der Waals surface area contributed by atoms with Crippen molar-refractivity contribution < 1.29 is 13.2 Å². The predicted molar refractivity (Wildman–Crippen MR) is 119 cm³/mol. The average molecular weight is 430 g/mol. The van der Waals surface area contributed by atoms with Crippen molar-refractivity contribution in [2.24, 2.45) is 0 Å². The van der Waals surface area contributed by atoms with Gasteiger partial charge >= 0.3 is 0 Å². The maximum Gasteiger partial charge on any atom is 0.244 e. The normalized spacial score (nSPS) is 16.9. The quantitative estimate of drug-likeness (QED) is 0.679. The highest BCUT2D eigenvalue weighted by Crippen LogP contribution is 2.26. The molecule has 1 fully saturated rings. The Morgan fingerprint density at radius 2 is 1.50 bits per heavy atom. The number of aryl methyl sites for hydroxylation is 1. The van der Waals surface area contributed by atoms with E-state index in [0.29, 0.717) is 44.2 Å². The van der Waals surface area contributed by atoms with E-state index in [-0.39, 0.29) is 5.91 Å². The molecule has 30 heavy (non-hydrogen) atoms. The van der Waals surface area contributed by atoms with Crippen LogP contribution in [0.25, 0.3) is 0 Å². The van der Waals surface area contributed by atoms with Crippen LogP contribution < -0.4 is 0 Å². The zero-order valence-corrected chi connectivity index (χ0v) is 18.8. The average Bonchev–Trinajstić information content (AvgIpc) is 2.76. The van der Waals surface area contributed by atoms with Gasteiger partial charge in [0, 0.05) is 39.3 Å². The zero-order valence-electron chi connectivity index (χ0n) is 18.0. The van der Waals surface area contributed by atoms with E-state index < -0.39 is 16.1 Å². The van der Waals surface area contributed by atoms with Crippen molar-refractivity contribution in [3.05, 3.63) is 65.7 Å². The lowest BCUT2D eigenvalue weighted by Crippen LogP contribution is -2.52. The molecule has 0 saturated carbocycles. The van der Waals surface area contributed by atoms with Crippen molar-refractivity contribution in [1.29, 1.82) is 0 Å². The highest BCUT2D eigenvalue weighted by Gasteiger charge is 2.35. The minimum Gasteiger partial charge on any atom is -0.342 e. The van der Waals surface area contributed by atoms with Crippen molar-refractivity contribution >= 4 is 15.9 Å². The number of benzene rings is 2. The van der Waals surface area contributed by atoms with Gasteiger partial charge in [0.1, 0.15) is 6.04 Å². The number of piperazine rings is 1. The van der Waals surface area contributed by atoms with Gasteiger partial charge < -0.3 is 4.90 Å². The van der Waals surface area contributed by atoms with Gasteiger partial charge in [-0.3, -0.25) is 9.69 Å². The molecule has 1 aliphatic rings. The minimum absolute atomic E-state index is 0.0704. The zero-order chi connectivity index (χ0) is 21.7. The molecule has 0 aliphatic carbocycles. The Morgan fingerprint density at radius 3 is 2.03 bits per heavy atom. The maximum atomic E-state index is 13.3. The number of sulfonamides is 1. The molecule has 2 aromatic rings. The first-order chi connectivity index (χ1) is 14.4. The summed E-state index contributed by atoms with van der Waals surface area (Å²) >= 11 is 0. The Kier molecular flexibility index (Phi) is 7.28. The van der Waals surface area contributed by atoms with Gasteiger partial charge in [0.05, 0.1) is 4.90 Å². The van der Waals surface area contributed by atoms with E-state index in [1.165, 1.54) is 4.31 Å². The van der Waals surface area contributed by atoms with E-state index >= 15 is 0 Å². The summed E-state index contributed by atoms with van der Waals surface area (Å²) in [6, 6.07) is 16.3. The van der Waals surface area contributed by atoms with Crippen LogP contribution in [0.15, 0.2) is 59.5 Å². The summed E-state index contributed by atoms with van der Waals surface area (Å²) in [4.78, 5) is 17.6. The molecule has 162 valence electrons. The summed E-state index contributed by atoms with van der Waals surface area (Å²) in [5, 5.41) is 0. The maximum absolute atomic E-state index is 13.3. The minimum atomic E-state index is -3.53. The molecule has 0 N–H and O–H groups in total. The molecule has 1 heterocycles. The van der Waals surface area contributed by atoms with E-state index in [9.17, 15) is 13.2 Å². The lowest BCUT2D eigenvalue weighted by Gasteiger charge is -2.39. The van der Waals surface area contributed by atoms with Gasteiger partial charge in [-0.05, 0) is 38.5 Å². The Hall–Kier alpha value is -2.22. The molecule has 0 bridgehead atoms. The van der Waals surface area contributed by atoms with Crippen LogP contribution in [0.1, 0.15) is 31.0 Å². The van der Waals surface area contributed by atoms with Gasteiger partial charge in [-0.25, -0.2) is 8.42 Å².